The minimum atomic E-state index is -1.10. The van der Waals surface area contributed by atoms with Crippen molar-refractivity contribution >= 4 is 11.9 Å². The number of aromatic nitrogens is 1. The van der Waals surface area contributed by atoms with Gasteiger partial charge in [0.25, 0.3) is 5.91 Å². The number of amides is 1. The molecule has 1 aromatic heterocycles. The third-order valence-corrected chi connectivity index (χ3v) is 4.05. The lowest BCUT2D eigenvalue weighted by molar-refractivity contribution is 0.0696. The monoisotopic (exact) mass is 330 g/mol. The molecule has 0 spiro atoms. The molecule has 7 heteroatoms. The second kappa shape index (κ2) is 7.16. The normalized spacial score (nSPS) is 14.0. The van der Waals surface area contributed by atoms with Gasteiger partial charge in [-0.05, 0) is 37.0 Å². The van der Waals surface area contributed by atoms with Gasteiger partial charge < -0.3 is 19.7 Å². The summed E-state index contributed by atoms with van der Waals surface area (Å²) >= 11 is 0. The molecule has 1 amide bonds. The van der Waals surface area contributed by atoms with Gasteiger partial charge in [0.1, 0.15) is 17.7 Å². The first kappa shape index (κ1) is 16.0. The van der Waals surface area contributed by atoms with Gasteiger partial charge >= 0.3 is 5.97 Å². The maximum atomic E-state index is 12.3. The number of hydrogen-bond donors (Lipinski definition) is 2. The van der Waals surface area contributed by atoms with Crippen molar-refractivity contribution in [1.29, 1.82) is 0 Å². The Morgan fingerprint density at radius 2 is 2.08 bits per heavy atom. The Labute approximate surface area is 138 Å². The van der Waals surface area contributed by atoms with Crippen LogP contribution < -0.4 is 10.1 Å². The van der Waals surface area contributed by atoms with Crippen molar-refractivity contribution < 1.29 is 24.0 Å². The van der Waals surface area contributed by atoms with Crippen molar-refractivity contribution in [2.45, 2.75) is 25.8 Å². The van der Waals surface area contributed by atoms with Crippen LogP contribution in [0.4, 0.5) is 0 Å². The van der Waals surface area contributed by atoms with E-state index in [2.05, 4.69) is 10.5 Å². The lowest BCUT2D eigenvalue weighted by atomic mass is 9.86. The van der Waals surface area contributed by atoms with Crippen molar-refractivity contribution in [3.63, 3.8) is 0 Å². The van der Waals surface area contributed by atoms with E-state index in [9.17, 15) is 14.7 Å². The molecule has 0 saturated heterocycles. The number of nitrogens with one attached hydrogen (secondary N) is 1. The summed E-state index contributed by atoms with van der Waals surface area (Å²) in [5.41, 5.74) is 0.842. The molecule has 1 aliphatic rings. The molecule has 0 unspecified atom stereocenters. The predicted octanol–water partition coefficient (Wildman–Crippen LogP) is 2.48. The maximum absolute atomic E-state index is 12.3. The smallest absolute Gasteiger partial charge is 0.335 e. The van der Waals surface area contributed by atoms with Crippen molar-refractivity contribution in [2.24, 2.45) is 5.92 Å². The molecule has 3 rings (SSSR count). The topological polar surface area (TPSA) is 102 Å². The molecule has 1 aromatic carbocycles. The molecule has 0 atom stereocenters. The zero-order chi connectivity index (χ0) is 16.9. The third-order valence-electron chi connectivity index (χ3n) is 4.05. The number of ether oxygens (including phenoxy) is 1. The molecule has 2 aromatic rings. The molecule has 1 heterocycles. The first-order valence-corrected chi connectivity index (χ1v) is 7.80. The van der Waals surface area contributed by atoms with Crippen molar-refractivity contribution in [1.82, 2.24) is 10.5 Å². The molecule has 2 N–H and O–H groups in total. The van der Waals surface area contributed by atoms with Gasteiger partial charge in [-0.2, -0.15) is 0 Å². The zero-order valence-corrected chi connectivity index (χ0v) is 13.0. The first-order chi connectivity index (χ1) is 11.6. The average Bonchev–Trinajstić information content (AvgIpc) is 3.04. The van der Waals surface area contributed by atoms with Gasteiger partial charge in [0.2, 0.25) is 0 Å². The highest BCUT2D eigenvalue weighted by atomic mass is 16.5. The minimum absolute atomic E-state index is 0.0210. The van der Waals surface area contributed by atoms with Crippen LogP contribution >= 0.6 is 0 Å². The Morgan fingerprint density at radius 3 is 2.71 bits per heavy atom. The van der Waals surface area contributed by atoms with Crippen LogP contribution in [-0.4, -0.2) is 28.7 Å². The van der Waals surface area contributed by atoms with Crippen molar-refractivity contribution in [2.75, 3.05) is 6.61 Å². The zero-order valence-electron chi connectivity index (χ0n) is 13.0. The van der Waals surface area contributed by atoms with Gasteiger partial charge in [0.15, 0.2) is 0 Å². The Bertz CT molecular complexity index is 723. The summed E-state index contributed by atoms with van der Waals surface area (Å²) in [5.74, 6) is -0.583. The van der Waals surface area contributed by atoms with Crippen LogP contribution in [0.5, 0.6) is 5.75 Å². The summed E-state index contributed by atoms with van der Waals surface area (Å²) in [5, 5.41) is 15.6. The van der Waals surface area contributed by atoms with Gasteiger partial charge in [0.05, 0.1) is 18.7 Å². The summed E-state index contributed by atoms with van der Waals surface area (Å²) in [6, 6.07) is 5.97. The summed E-state index contributed by atoms with van der Waals surface area (Å²) in [7, 11) is 0. The Hall–Kier alpha value is -2.83. The highest BCUT2D eigenvalue weighted by Crippen LogP contribution is 2.27. The van der Waals surface area contributed by atoms with E-state index >= 15 is 0 Å². The van der Waals surface area contributed by atoms with Crippen LogP contribution in [0.3, 0.4) is 0 Å². The van der Waals surface area contributed by atoms with E-state index in [1.807, 2.05) is 0 Å². The summed E-state index contributed by atoms with van der Waals surface area (Å²) in [6.07, 6.45) is 4.88. The van der Waals surface area contributed by atoms with E-state index in [0.29, 0.717) is 24.0 Å². The molecule has 126 valence electrons. The quantitative estimate of drug-likeness (QED) is 0.808. The SMILES string of the molecule is O=C(O)c1cc(OCC2CCC2)cc(C(=O)NCc2ccon2)c1. The second-order valence-electron chi connectivity index (χ2n) is 5.83. The fourth-order valence-electron chi connectivity index (χ4n) is 2.41. The van der Waals surface area contributed by atoms with Crippen LogP contribution in [0, 0.1) is 5.92 Å². The fraction of sp³-hybridized carbons (Fsp3) is 0.353. The van der Waals surface area contributed by atoms with Crippen LogP contribution in [0.25, 0.3) is 0 Å². The lowest BCUT2D eigenvalue weighted by Gasteiger charge is -2.25. The largest absolute Gasteiger partial charge is 0.493 e. The number of hydrogen-bond acceptors (Lipinski definition) is 5. The maximum Gasteiger partial charge on any atom is 0.335 e. The van der Waals surface area contributed by atoms with E-state index in [4.69, 9.17) is 9.26 Å². The summed E-state index contributed by atoms with van der Waals surface area (Å²) < 4.78 is 10.4. The number of nitrogens with zero attached hydrogens (tertiary/aromatic N) is 1. The third kappa shape index (κ3) is 3.92. The molecular weight excluding hydrogens is 312 g/mol. The predicted molar refractivity (Wildman–Crippen MR) is 83.9 cm³/mol. The fourth-order valence-corrected chi connectivity index (χ4v) is 2.41. The number of rotatable bonds is 7. The van der Waals surface area contributed by atoms with Crippen LogP contribution in [0.1, 0.15) is 45.7 Å². The molecule has 0 bridgehead atoms. The van der Waals surface area contributed by atoms with Gasteiger partial charge in [-0.1, -0.05) is 11.6 Å². The first-order valence-electron chi connectivity index (χ1n) is 7.80. The minimum Gasteiger partial charge on any atom is -0.493 e. The highest BCUT2D eigenvalue weighted by Gasteiger charge is 2.19. The van der Waals surface area contributed by atoms with E-state index in [-0.39, 0.29) is 17.7 Å². The summed E-state index contributed by atoms with van der Waals surface area (Å²) in [4.78, 5) is 23.5. The number of carboxylic acid groups (broad SMARTS) is 1. The Balaban J connectivity index is 1.70. The van der Waals surface area contributed by atoms with E-state index in [1.165, 1.54) is 24.8 Å². The standard InChI is InChI=1S/C17H18N2O5/c20-16(18-9-14-4-5-24-19-14)12-6-13(17(21)22)8-15(7-12)23-10-11-2-1-3-11/h4-8,11H,1-3,9-10H2,(H,18,20)(H,21,22). The molecule has 1 saturated carbocycles. The van der Waals surface area contributed by atoms with E-state index in [1.54, 1.807) is 12.1 Å². The van der Waals surface area contributed by atoms with Crippen molar-refractivity contribution in [3.8, 4) is 5.75 Å². The molecule has 7 nitrogen and oxygen atoms in total. The Morgan fingerprint density at radius 1 is 1.29 bits per heavy atom. The van der Waals surface area contributed by atoms with E-state index in [0.717, 1.165) is 12.8 Å². The lowest BCUT2D eigenvalue weighted by Crippen LogP contribution is -2.23. The number of carbonyl (C=O) groups excluding carboxylic acids is 1. The van der Waals surface area contributed by atoms with Crippen LogP contribution in [0.2, 0.25) is 0 Å². The number of carbonyl (C=O) groups is 2. The van der Waals surface area contributed by atoms with E-state index < -0.39 is 11.9 Å². The number of carboxylic acids is 1. The molecule has 24 heavy (non-hydrogen) atoms. The molecular formula is C17H18N2O5. The molecule has 1 fully saturated rings. The van der Waals surface area contributed by atoms with Gasteiger partial charge in [0, 0.05) is 11.6 Å². The summed E-state index contributed by atoms with van der Waals surface area (Å²) in [6.45, 7) is 0.744. The number of benzene rings is 1. The van der Waals surface area contributed by atoms with Crippen LogP contribution in [-0.2, 0) is 6.54 Å². The molecule has 0 radical (unpaired) electrons. The van der Waals surface area contributed by atoms with Gasteiger partial charge in [-0.25, -0.2) is 4.79 Å². The average molecular weight is 330 g/mol. The van der Waals surface area contributed by atoms with Gasteiger partial charge in [-0.15, -0.1) is 0 Å². The highest BCUT2D eigenvalue weighted by molar-refractivity contribution is 5.98. The number of aromatic carboxylic acids is 1. The second-order valence-corrected chi connectivity index (χ2v) is 5.83. The van der Waals surface area contributed by atoms with Gasteiger partial charge in [-0.3, -0.25) is 4.79 Å². The molecule has 0 aliphatic heterocycles. The van der Waals surface area contributed by atoms with Crippen LogP contribution in [0.15, 0.2) is 35.1 Å². The molecule has 1 aliphatic carbocycles. The van der Waals surface area contributed by atoms with Crippen molar-refractivity contribution in [3.05, 3.63) is 47.3 Å². The Kier molecular flexibility index (Phi) is 4.79.